The van der Waals surface area contributed by atoms with Crippen LogP contribution in [0.15, 0.2) is 48.5 Å². The van der Waals surface area contributed by atoms with E-state index >= 15 is 0 Å². The molecule has 1 aliphatic rings. The van der Waals surface area contributed by atoms with Gasteiger partial charge in [0.05, 0.1) is 11.5 Å². The number of hydrogen-bond donors (Lipinski definition) is 0. The predicted molar refractivity (Wildman–Crippen MR) is 138 cm³/mol. The molecule has 2 aromatic rings. The van der Waals surface area contributed by atoms with Crippen molar-refractivity contribution < 1.29 is 0 Å². The Balaban J connectivity index is 1.69. The summed E-state index contributed by atoms with van der Waals surface area (Å²) in [5.74, 6) is 0.581. The first kappa shape index (κ1) is 24.6. The third kappa shape index (κ3) is 6.71. The van der Waals surface area contributed by atoms with Crippen molar-refractivity contribution in [2.24, 2.45) is 5.41 Å². The molecule has 1 fully saturated rings. The Kier molecular flexibility index (Phi) is 9.86. The Bertz CT molecular complexity index is 837. The molecule has 0 spiro atoms. The van der Waals surface area contributed by atoms with Crippen molar-refractivity contribution in [3.05, 3.63) is 59.7 Å². The largest absolute Gasteiger partial charge is 0.198 e. The van der Waals surface area contributed by atoms with Crippen LogP contribution in [0.1, 0.15) is 114 Å². The first-order valence-electron chi connectivity index (χ1n) is 13.3. The second-order valence-electron chi connectivity index (χ2n) is 10.1. The highest BCUT2D eigenvalue weighted by atomic mass is 14.4. The first-order valence-corrected chi connectivity index (χ1v) is 13.3. The van der Waals surface area contributed by atoms with E-state index in [1.54, 1.807) is 0 Å². The van der Waals surface area contributed by atoms with E-state index in [2.05, 4.69) is 68.4 Å². The highest BCUT2D eigenvalue weighted by Gasteiger charge is 2.36. The van der Waals surface area contributed by atoms with Gasteiger partial charge in [-0.1, -0.05) is 107 Å². The molecule has 1 heteroatoms. The zero-order valence-corrected chi connectivity index (χ0v) is 20.5. The van der Waals surface area contributed by atoms with Crippen molar-refractivity contribution in [2.75, 3.05) is 0 Å². The number of nitrogens with zero attached hydrogens (tertiary/aromatic N) is 1. The summed E-state index contributed by atoms with van der Waals surface area (Å²) in [4.78, 5) is 0. The molecule has 1 aliphatic carbocycles. The summed E-state index contributed by atoms with van der Waals surface area (Å²) in [5, 5.41) is 10.1. The van der Waals surface area contributed by atoms with Crippen LogP contribution in [0.4, 0.5) is 0 Å². The highest BCUT2D eigenvalue weighted by molar-refractivity contribution is 5.68. The van der Waals surface area contributed by atoms with Gasteiger partial charge in [-0.05, 0) is 73.1 Å². The van der Waals surface area contributed by atoms with Gasteiger partial charge in [-0.25, -0.2) is 0 Å². The van der Waals surface area contributed by atoms with Gasteiger partial charge in [0.15, 0.2) is 0 Å². The number of rotatable bonds is 12. The van der Waals surface area contributed by atoms with E-state index in [1.165, 1.54) is 80.0 Å². The van der Waals surface area contributed by atoms with Crippen molar-refractivity contribution >= 4 is 0 Å². The molecule has 3 rings (SSSR count). The van der Waals surface area contributed by atoms with Crippen LogP contribution in [0, 0.1) is 16.7 Å². The maximum Gasteiger partial charge on any atom is 0.0689 e. The van der Waals surface area contributed by atoms with Crippen LogP contribution in [0.2, 0.25) is 0 Å². The molecule has 0 radical (unpaired) electrons. The summed E-state index contributed by atoms with van der Waals surface area (Å²) in [5.41, 5.74) is 5.65. The molecule has 0 bridgehead atoms. The van der Waals surface area contributed by atoms with Gasteiger partial charge in [0, 0.05) is 0 Å². The monoisotopic (exact) mass is 429 g/mol. The molecule has 0 unspecified atom stereocenters. The minimum Gasteiger partial charge on any atom is -0.198 e. The summed E-state index contributed by atoms with van der Waals surface area (Å²) in [6, 6.07) is 20.8. The molecule has 32 heavy (non-hydrogen) atoms. The van der Waals surface area contributed by atoms with Crippen LogP contribution < -0.4 is 0 Å². The molecule has 2 aromatic carbocycles. The summed E-state index contributed by atoms with van der Waals surface area (Å²) < 4.78 is 0. The number of nitriles is 1. The quantitative estimate of drug-likeness (QED) is 0.308. The van der Waals surface area contributed by atoms with Gasteiger partial charge in [-0.2, -0.15) is 5.26 Å². The number of hydrogen-bond acceptors (Lipinski definition) is 1. The van der Waals surface area contributed by atoms with E-state index in [1.807, 2.05) is 0 Å². The molecule has 1 nitrogen and oxygen atoms in total. The Morgan fingerprint density at radius 2 is 1.53 bits per heavy atom. The topological polar surface area (TPSA) is 23.8 Å². The second-order valence-corrected chi connectivity index (χ2v) is 10.1. The fourth-order valence-electron chi connectivity index (χ4n) is 5.51. The third-order valence-corrected chi connectivity index (χ3v) is 7.65. The lowest BCUT2D eigenvalue weighted by atomic mass is 9.66. The molecular weight excluding hydrogens is 386 g/mol. The number of aryl methyl sites for hydroxylation is 1. The van der Waals surface area contributed by atoms with Gasteiger partial charge in [0.2, 0.25) is 0 Å². The minimum atomic E-state index is -0.0754. The van der Waals surface area contributed by atoms with Crippen molar-refractivity contribution in [1.29, 1.82) is 5.26 Å². The molecule has 0 aromatic heterocycles. The molecule has 0 N–H and O–H groups in total. The van der Waals surface area contributed by atoms with E-state index < -0.39 is 0 Å². The van der Waals surface area contributed by atoms with Crippen LogP contribution in [0.3, 0.4) is 0 Å². The van der Waals surface area contributed by atoms with Gasteiger partial charge in [-0.15, -0.1) is 0 Å². The summed E-state index contributed by atoms with van der Waals surface area (Å²) in [6.45, 7) is 4.54. The van der Waals surface area contributed by atoms with Gasteiger partial charge in [0.25, 0.3) is 0 Å². The highest BCUT2D eigenvalue weighted by Crippen LogP contribution is 2.47. The lowest BCUT2D eigenvalue weighted by molar-refractivity contribution is 0.223. The average molecular weight is 430 g/mol. The summed E-state index contributed by atoms with van der Waals surface area (Å²) in [6.07, 6.45) is 17.1. The predicted octanol–water partition coefficient (Wildman–Crippen LogP) is 9.61. The van der Waals surface area contributed by atoms with E-state index in [4.69, 9.17) is 0 Å². The van der Waals surface area contributed by atoms with Crippen molar-refractivity contribution in [1.82, 2.24) is 0 Å². The number of unbranched alkanes of at least 4 members (excludes halogenated alkanes) is 6. The van der Waals surface area contributed by atoms with Crippen LogP contribution >= 0.6 is 0 Å². The summed E-state index contributed by atoms with van der Waals surface area (Å²) in [7, 11) is 0. The normalized spacial score (nSPS) is 20.7. The standard InChI is InChI=1S/C31H43N/c1-3-5-7-8-9-13-21-31(25-32)22-19-28(20-23-31)30-24-26(14-6-4-2)17-18-29(30)27-15-11-10-12-16-27/h10-12,15-18,24,28H,3-9,13-14,19-23H2,1-2H3. The maximum atomic E-state index is 10.1. The Morgan fingerprint density at radius 1 is 0.844 bits per heavy atom. The number of benzene rings is 2. The average Bonchev–Trinajstić information content (AvgIpc) is 2.85. The van der Waals surface area contributed by atoms with Crippen molar-refractivity contribution in [3.8, 4) is 17.2 Å². The molecule has 172 valence electrons. The van der Waals surface area contributed by atoms with Gasteiger partial charge in [0.1, 0.15) is 0 Å². The molecule has 0 amide bonds. The lowest BCUT2D eigenvalue weighted by Gasteiger charge is -2.36. The van der Waals surface area contributed by atoms with Gasteiger partial charge in [-0.3, -0.25) is 0 Å². The second kappa shape index (κ2) is 12.8. The third-order valence-electron chi connectivity index (χ3n) is 7.65. The van der Waals surface area contributed by atoms with Crippen LogP contribution in [-0.2, 0) is 6.42 Å². The lowest BCUT2D eigenvalue weighted by Crippen LogP contribution is -2.25. The Hall–Kier alpha value is -2.07. The molecule has 0 atom stereocenters. The van der Waals surface area contributed by atoms with E-state index in [9.17, 15) is 5.26 Å². The van der Waals surface area contributed by atoms with E-state index in [0.29, 0.717) is 5.92 Å². The minimum absolute atomic E-state index is 0.0754. The van der Waals surface area contributed by atoms with E-state index in [-0.39, 0.29) is 5.41 Å². The maximum absolute atomic E-state index is 10.1. The zero-order valence-electron chi connectivity index (χ0n) is 20.5. The SMILES string of the molecule is CCCCCCCCC1(C#N)CCC(c2cc(CCCC)ccc2-c2ccccc2)CC1. The van der Waals surface area contributed by atoms with Crippen LogP contribution in [-0.4, -0.2) is 0 Å². The molecule has 0 saturated heterocycles. The zero-order chi connectivity index (χ0) is 22.7. The fourth-order valence-corrected chi connectivity index (χ4v) is 5.51. The van der Waals surface area contributed by atoms with Gasteiger partial charge >= 0.3 is 0 Å². The first-order chi connectivity index (χ1) is 15.7. The van der Waals surface area contributed by atoms with Gasteiger partial charge < -0.3 is 0 Å². The van der Waals surface area contributed by atoms with Crippen LogP contribution in [0.5, 0.6) is 0 Å². The Labute approximate surface area is 197 Å². The molecule has 1 saturated carbocycles. The van der Waals surface area contributed by atoms with Crippen molar-refractivity contribution in [3.63, 3.8) is 0 Å². The molecule has 0 aliphatic heterocycles. The smallest absolute Gasteiger partial charge is 0.0689 e. The van der Waals surface area contributed by atoms with Crippen LogP contribution in [0.25, 0.3) is 11.1 Å². The van der Waals surface area contributed by atoms with Crippen molar-refractivity contribution in [2.45, 2.75) is 110 Å². The molecular formula is C31H43N. The molecule has 0 heterocycles. The fraction of sp³-hybridized carbons (Fsp3) is 0.581. The summed E-state index contributed by atoms with van der Waals surface area (Å²) >= 11 is 0. The van der Waals surface area contributed by atoms with E-state index in [0.717, 1.165) is 32.1 Å². The Morgan fingerprint density at radius 3 is 2.22 bits per heavy atom.